The van der Waals surface area contributed by atoms with Crippen LogP contribution in [-0.4, -0.2) is 39.0 Å². The molecule has 0 aliphatic carbocycles. The number of hydrogen-bond donors (Lipinski definition) is 3. The molecule has 1 heterocycles. The van der Waals surface area contributed by atoms with Crippen molar-refractivity contribution >= 4 is 5.97 Å². The molecule has 8 heteroatoms. The Morgan fingerprint density at radius 3 is 2.39 bits per heavy atom. The lowest BCUT2D eigenvalue weighted by Gasteiger charge is -2.12. The van der Waals surface area contributed by atoms with Gasteiger partial charge in [0.1, 0.15) is 11.9 Å². The number of nitrogens with zero attached hydrogens (tertiary/aromatic N) is 2. The van der Waals surface area contributed by atoms with Crippen LogP contribution >= 0.6 is 0 Å². The topological polar surface area (TPSA) is 108 Å². The number of aliphatic hydroxyl groups is 1. The number of hydrogen-bond acceptors (Lipinski definition) is 6. The number of nitrogens with one attached hydrogen (secondary N) is 1. The molecule has 4 rings (SSSR count). The average molecular weight is 447 g/mol. The maximum absolute atomic E-state index is 14.5. The fraction of sp³-hybridized carbons (Fsp3) is 0.160. The molecule has 3 N–H and O–H groups in total. The maximum Gasteiger partial charge on any atom is 0.323 e. The van der Waals surface area contributed by atoms with Crippen molar-refractivity contribution in [3.63, 3.8) is 0 Å². The Hall–Kier alpha value is -3.88. The van der Waals surface area contributed by atoms with Crippen LogP contribution in [0.25, 0.3) is 34.0 Å². The Kier molecular flexibility index (Phi) is 6.58. The number of carbonyl (C=O) groups is 1. The highest BCUT2D eigenvalue weighted by molar-refractivity contribution is 5.75. The number of carboxylic acid groups (broad SMARTS) is 1. The van der Waals surface area contributed by atoms with Gasteiger partial charge < -0.3 is 14.6 Å². The summed E-state index contributed by atoms with van der Waals surface area (Å²) in [5.41, 5.74) is 4.52. The van der Waals surface area contributed by atoms with Crippen molar-refractivity contribution in [2.24, 2.45) is 0 Å². The molecule has 0 saturated carbocycles. The van der Waals surface area contributed by atoms with Gasteiger partial charge >= 0.3 is 5.97 Å². The molecule has 0 fully saturated rings. The first-order valence-corrected chi connectivity index (χ1v) is 10.3. The van der Waals surface area contributed by atoms with Gasteiger partial charge in [0.15, 0.2) is 0 Å². The van der Waals surface area contributed by atoms with E-state index < -0.39 is 24.4 Å². The molecule has 3 aromatic carbocycles. The molecule has 168 valence electrons. The van der Waals surface area contributed by atoms with Crippen LogP contribution in [0.4, 0.5) is 4.39 Å². The summed E-state index contributed by atoms with van der Waals surface area (Å²) in [4.78, 5) is 11.1. The van der Waals surface area contributed by atoms with E-state index in [9.17, 15) is 9.18 Å². The molecule has 0 saturated heterocycles. The smallest absolute Gasteiger partial charge is 0.323 e. The van der Waals surface area contributed by atoms with E-state index in [2.05, 4.69) is 15.5 Å². The lowest BCUT2D eigenvalue weighted by Crippen LogP contribution is -2.39. The molecule has 0 radical (unpaired) electrons. The first-order chi connectivity index (χ1) is 16.0. The molecule has 0 aliphatic rings. The quantitative estimate of drug-likeness (QED) is 0.374. The van der Waals surface area contributed by atoms with Crippen LogP contribution in [-0.2, 0) is 11.3 Å². The third-order valence-electron chi connectivity index (χ3n) is 5.37. The molecule has 1 atom stereocenters. The maximum atomic E-state index is 14.5. The summed E-state index contributed by atoms with van der Waals surface area (Å²) in [5, 5.41) is 29.0. The summed E-state index contributed by atoms with van der Waals surface area (Å²) in [6.07, 6.45) is 0. The molecule has 33 heavy (non-hydrogen) atoms. The van der Waals surface area contributed by atoms with Crippen LogP contribution in [0.2, 0.25) is 0 Å². The van der Waals surface area contributed by atoms with Gasteiger partial charge in [0.25, 0.3) is 5.89 Å². The molecule has 0 amide bonds. The summed E-state index contributed by atoms with van der Waals surface area (Å²) in [6, 6.07) is 18.9. The minimum Gasteiger partial charge on any atom is -0.480 e. The van der Waals surface area contributed by atoms with Crippen molar-refractivity contribution in [2.75, 3.05) is 6.61 Å². The lowest BCUT2D eigenvalue weighted by molar-refractivity contribution is -0.140. The zero-order valence-electron chi connectivity index (χ0n) is 17.8. The second-order valence-electron chi connectivity index (χ2n) is 7.53. The third kappa shape index (κ3) is 4.82. The summed E-state index contributed by atoms with van der Waals surface area (Å²) in [5.74, 6) is -1.42. The number of halogens is 1. The van der Waals surface area contributed by atoms with E-state index in [1.54, 1.807) is 0 Å². The molecule has 0 unspecified atom stereocenters. The zero-order valence-corrected chi connectivity index (χ0v) is 17.8. The fourth-order valence-electron chi connectivity index (χ4n) is 3.56. The summed E-state index contributed by atoms with van der Waals surface area (Å²) in [7, 11) is 0. The van der Waals surface area contributed by atoms with Gasteiger partial charge in [-0.15, -0.1) is 10.2 Å². The van der Waals surface area contributed by atoms with Crippen LogP contribution < -0.4 is 5.32 Å². The van der Waals surface area contributed by atoms with Gasteiger partial charge in [0, 0.05) is 12.1 Å². The van der Waals surface area contributed by atoms with Crippen molar-refractivity contribution in [1.82, 2.24) is 15.5 Å². The van der Waals surface area contributed by atoms with E-state index >= 15 is 0 Å². The zero-order chi connectivity index (χ0) is 23.4. The van der Waals surface area contributed by atoms with Crippen LogP contribution in [0.3, 0.4) is 0 Å². The van der Waals surface area contributed by atoms with Crippen LogP contribution in [0.1, 0.15) is 11.1 Å². The molecular formula is C25H22FN3O4. The SMILES string of the molecule is Cc1c(-c2ccccc2)cccc1-c1nnc(-c2cc(CN[C@@H](CO)C(=O)O)ccc2F)o1. The Bertz CT molecular complexity index is 1270. The molecule has 7 nitrogen and oxygen atoms in total. The standard InChI is InChI=1S/C25H22FN3O4/c1-15-18(17-6-3-2-4-7-17)8-5-9-19(15)23-28-29-24(33-23)20-12-16(10-11-21(20)26)13-27-22(14-30)25(31)32/h2-12,22,27,30H,13-14H2,1H3,(H,31,32)/t22-/m0/s1. The van der Waals surface area contributed by atoms with Crippen molar-refractivity contribution in [3.05, 3.63) is 83.7 Å². The molecule has 0 aliphatic heterocycles. The number of carboxylic acids is 1. The molecule has 0 bridgehead atoms. The Labute approximate surface area is 189 Å². The van der Waals surface area contributed by atoms with E-state index in [0.29, 0.717) is 5.56 Å². The van der Waals surface area contributed by atoms with Crippen LogP contribution in [0.5, 0.6) is 0 Å². The number of aromatic nitrogens is 2. The van der Waals surface area contributed by atoms with E-state index in [-0.39, 0.29) is 23.9 Å². The first kappa shape index (κ1) is 22.3. The summed E-state index contributed by atoms with van der Waals surface area (Å²) < 4.78 is 20.4. The summed E-state index contributed by atoms with van der Waals surface area (Å²) >= 11 is 0. The van der Waals surface area contributed by atoms with E-state index in [1.165, 1.54) is 18.2 Å². The number of benzene rings is 3. The monoisotopic (exact) mass is 447 g/mol. The lowest BCUT2D eigenvalue weighted by atomic mass is 9.96. The third-order valence-corrected chi connectivity index (χ3v) is 5.37. The predicted octanol–water partition coefficient (Wildman–Crippen LogP) is 4.05. The van der Waals surface area contributed by atoms with E-state index in [4.69, 9.17) is 14.6 Å². The van der Waals surface area contributed by atoms with E-state index in [1.807, 2.05) is 55.5 Å². The van der Waals surface area contributed by atoms with Crippen molar-refractivity contribution in [1.29, 1.82) is 0 Å². The second-order valence-corrected chi connectivity index (χ2v) is 7.53. The van der Waals surface area contributed by atoms with Gasteiger partial charge in [-0.1, -0.05) is 48.5 Å². The van der Waals surface area contributed by atoms with Crippen molar-refractivity contribution in [3.8, 4) is 34.0 Å². The van der Waals surface area contributed by atoms with Gasteiger partial charge in [-0.05, 0) is 47.4 Å². The van der Waals surface area contributed by atoms with Gasteiger partial charge in [-0.25, -0.2) is 4.39 Å². The number of rotatable bonds is 8. The van der Waals surface area contributed by atoms with Gasteiger partial charge in [-0.2, -0.15) is 0 Å². The minimum absolute atomic E-state index is 0.0193. The van der Waals surface area contributed by atoms with Gasteiger partial charge in [0.2, 0.25) is 5.89 Å². The van der Waals surface area contributed by atoms with E-state index in [0.717, 1.165) is 22.3 Å². The van der Waals surface area contributed by atoms with Crippen LogP contribution in [0, 0.1) is 12.7 Å². The minimum atomic E-state index is -1.17. The van der Waals surface area contributed by atoms with Crippen molar-refractivity contribution < 1.29 is 23.8 Å². The van der Waals surface area contributed by atoms with Gasteiger partial charge in [0.05, 0.1) is 12.2 Å². The molecule has 1 aromatic heterocycles. The highest BCUT2D eigenvalue weighted by Crippen LogP contribution is 2.33. The average Bonchev–Trinajstić information content (AvgIpc) is 3.31. The number of aliphatic hydroxyl groups excluding tert-OH is 1. The Morgan fingerprint density at radius 1 is 1.00 bits per heavy atom. The fourth-order valence-corrected chi connectivity index (χ4v) is 3.56. The normalized spacial score (nSPS) is 12.0. The van der Waals surface area contributed by atoms with Gasteiger partial charge in [-0.3, -0.25) is 10.1 Å². The highest BCUT2D eigenvalue weighted by Gasteiger charge is 2.19. The summed E-state index contributed by atoms with van der Waals surface area (Å²) in [6.45, 7) is 1.52. The Morgan fingerprint density at radius 2 is 1.70 bits per heavy atom. The Balaban J connectivity index is 1.62. The second kappa shape index (κ2) is 9.72. The molecular weight excluding hydrogens is 425 g/mol. The molecule has 0 spiro atoms. The number of aliphatic carboxylic acids is 1. The van der Waals surface area contributed by atoms with Crippen molar-refractivity contribution in [2.45, 2.75) is 19.5 Å². The largest absolute Gasteiger partial charge is 0.480 e. The van der Waals surface area contributed by atoms with Crippen LogP contribution in [0.15, 0.2) is 71.1 Å². The molecule has 4 aromatic rings. The predicted molar refractivity (Wildman–Crippen MR) is 121 cm³/mol. The highest BCUT2D eigenvalue weighted by atomic mass is 19.1. The first-order valence-electron chi connectivity index (χ1n) is 10.3.